The van der Waals surface area contributed by atoms with Crippen molar-refractivity contribution in [2.75, 3.05) is 13.2 Å². The standard InChI is InChI=1S/C13H15ClNO5P/c1-3-17-21(16,18-4-2)20-13-11(14)12(19-15-13)10-8-6-5-7-9-10/h5-9H,3-4H2,1-2H3. The zero-order chi connectivity index (χ0) is 15.3. The van der Waals surface area contributed by atoms with Crippen LogP contribution in [0.3, 0.4) is 0 Å². The van der Waals surface area contributed by atoms with Gasteiger partial charge in [-0.15, -0.1) is 0 Å². The van der Waals surface area contributed by atoms with Gasteiger partial charge >= 0.3 is 7.82 Å². The van der Waals surface area contributed by atoms with Crippen molar-refractivity contribution in [1.29, 1.82) is 0 Å². The van der Waals surface area contributed by atoms with Gasteiger partial charge in [0, 0.05) is 5.56 Å². The summed E-state index contributed by atoms with van der Waals surface area (Å²) >= 11 is 6.15. The summed E-state index contributed by atoms with van der Waals surface area (Å²) < 4.78 is 32.6. The van der Waals surface area contributed by atoms with Gasteiger partial charge in [-0.1, -0.05) is 41.9 Å². The van der Waals surface area contributed by atoms with Crippen molar-refractivity contribution < 1.29 is 22.7 Å². The number of phosphoric acid groups is 1. The second-order valence-electron chi connectivity index (χ2n) is 3.87. The highest BCUT2D eigenvalue weighted by Gasteiger charge is 2.31. The van der Waals surface area contributed by atoms with Crippen LogP contribution in [0.4, 0.5) is 0 Å². The molecular weight excluding hydrogens is 317 g/mol. The highest BCUT2D eigenvalue weighted by atomic mass is 35.5. The van der Waals surface area contributed by atoms with E-state index in [0.717, 1.165) is 5.56 Å². The predicted octanol–water partition coefficient (Wildman–Crippen LogP) is 4.55. The molecule has 0 aliphatic heterocycles. The first kappa shape index (κ1) is 16.0. The quantitative estimate of drug-likeness (QED) is 0.693. The fraction of sp³-hybridized carbons (Fsp3) is 0.308. The Morgan fingerprint density at radius 1 is 1.19 bits per heavy atom. The third-order valence-electron chi connectivity index (χ3n) is 2.42. The highest BCUT2D eigenvalue weighted by Crippen LogP contribution is 2.51. The second kappa shape index (κ2) is 7.09. The van der Waals surface area contributed by atoms with Crippen molar-refractivity contribution in [3.63, 3.8) is 0 Å². The molecule has 2 rings (SSSR count). The normalized spacial score (nSPS) is 11.6. The van der Waals surface area contributed by atoms with Crippen LogP contribution in [0.15, 0.2) is 34.9 Å². The van der Waals surface area contributed by atoms with Crippen molar-refractivity contribution in [2.45, 2.75) is 13.8 Å². The van der Waals surface area contributed by atoms with Crippen LogP contribution >= 0.6 is 19.4 Å². The van der Waals surface area contributed by atoms with E-state index in [1.165, 1.54) is 0 Å². The minimum absolute atomic E-state index is 0.112. The summed E-state index contributed by atoms with van der Waals surface area (Å²) in [7, 11) is -3.75. The Kier molecular flexibility index (Phi) is 5.42. The molecule has 0 spiro atoms. The first-order chi connectivity index (χ1) is 10.1. The Morgan fingerprint density at radius 2 is 1.81 bits per heavy atom. The van der Waals surface area contributed by atoms with E-state index in [0.29, 0.717) is 5.76 Å². The van der Waals surface area contributed by atoms with Crippen LogP contribution in [0.25, 0.3) is 11.3 Å². The van der Waals surface area contributed by atoms with Gasteiger partial charge in [-0.05, 0) is 19.0 Å². The van der Waals surface area contributed by atoms with Crippen LogP contribution in [0.2, 0.25) is 5.02 Å². The lowest BCUT2D eigenvalue weighted by Crippen LogP contribution is -2.02. The Morgan fingerprint density at radius 3 is 2.38 bits per heavy atom. The molecule has 0 saturated carbocycles. The molecule has 6 nitrogen and oxygen atoms in total. The third kappa shape index (κ3) is 3.86. The summed E-state index contributed by atoms with van der Waals surface area (Å²) in [6.45, 7) is 3.68. The van der Waals surface area contributed by atoms with Crippen molar-refractivity contribution in [2.24, 2.45) is 0 Å². The number of nitrogens with zero attached hydrogens (tertiary/aromatic N) is 1. The molecule has 114 valence electrons. The van der Waals surface area contributed by atoms with E-state index in [9.17, 15) is 4.57 Å². The average molecular weight is 332 g/mol. The maximum atomic E-state index is 12.3. The average Bonchev–Trinajstić information content (AvgIpc) is 2.81. The lowest BCUT2D eigenvalue weighted by Gasteiger charge is -2.14. The van der Waals surface area contributed by atoms with Gasteiger partial charge in [-0.3, -0.25) is 9.05 Å². The largest absolute Gasteiger partial charge is 0.531 e. The molecule has 0 aliphatic rings. The number of rotatable bonds is 7. The van der Waals surface area contributed by atoms with Crippen LogP contribution in [0.1, 0.15) is 13.8 Å². The summed E-state index contributed by atoms with van der Waals surface area (Å²) in [5, 5.41) is 3.79. The molecule has 0 N–H and O–H groups in total. The topological polar surface area (TPSA) is 70.8 Å². The molecule has 0 fully saturated rings. The van der Waals surface area contributed by atoms with Crippen LogP contribution in [-0.2, 0) is 13.6 Å². The van der Waals surface area contributed by atoms with Gasteiger partial charge < -0.3 is 9.05 Å². The van der Waals surface area contributed by atoms with Crippen molar-refractivity contribution in [1.82, 2.24) is 5.16 Å². The summed E-state index contributed by atoms with van der Waals surface area (Å²) in [5.74, 6) is 0.201. The van der Waals surface area contributed by atoms with Gasteiger partial charge in [-0.25, -0.2) is 4.57 Å². The van der Waals surface area contributed by atoms with Gasteiger partial charge in [0.25, 0.3) is 5.88 Å². The summed E-state index contributed by atoms with van der Waals surface area (Å²) in [4.78, 5) is 0. The molecule has 2 aromatic rings. The van der Waals surface area contributed by atoms with Crippen molar-refractivity contribution in [3.8, 4) is 17.2 Å². The Balaban J connectivity index is 2.26. The minimum atomic E-state index is -3.75. The van der Waals surface area contributed by atoms with Gasteiger partial charge in [-0.2, -0.15) is 0 Å². The molecule has 0 saturated heterocycles. The molecule has 0 unspecified atom stereocenters. The van der Waals surface area contributed by atoms with Gasteiger partial charge in [0.1, 0.15) is 0 Å². The zero-order valence-electron chi connectivity index (χ0n) is 11.6. The van der Waals surface area contributed by atoms with Crippen LogP contribution in [0, 0.1) is 0 Å². The van der Waals surface area contributed by atoms with E-state index < -0.39 is 7.82 Å². The molecule has 0 radical (unpaired) electrons. The van der Waals surface area contributed by atoms with Crippen LogP contribution < -0.4 is 4.52 Å². The van der Waals surface area contributed by atoms with Gasteiger partial charge in [0.2, 0.25) is 0 Å². The van der Waals surface area contributed by atoms with E-state index in [4.69, 9.17) is 29.7 Å². The first-order valence-electron chi connectivity index (χ1n) is 6.39. The van der Waals surface area contributed by atoms with Crippen LogP contribution in [-0.4, -0.2) is 18.4 Å². The predicted molar refractivity (Wildman–Crippen MR) is 78.4 cm³/mol. The minimum Gasteiger partial charge on any atom is -0.380 e. The van der Waals surface area contributed by atoms with Gasteiger partial charge in [0.05, 0.1) is 13.2 Å². The number of halogens is 1. The Bertz CT molecular complexity index is 621. The molecule has 0 amide bonds. The molecule has 0 aliphatic carbocycles. The molecule has 1 aromatic carbocycles. The van der Waals surface area contributed by atoms with E-state index in [1.54, 1.807) is 26.0 Å². The Labute approximate surface area is 127 Å². The molecule has 1 aromatic heterocycles. The fourth-order valence-electron chi connectivity index (χ4n) is 1.60. The fourth-order valence-corrected chi connectivity index (χ4v) is 3.02. The summed E-state index contributed by atoms with van der Waals surface area (Å²) in [6.07, 6.45) is 0. The van der Waals surface area contributed by atoms with E-state index in [-0.39, 0.29) is 24.1 Å². The van der Waals surface area contributed by atoms with E-state index in [2.05, 4.69) is 5.16 Å². The third-order valence-corrected chi connectivity index (χ3v) is 4.29. The molecule has 8 heteroatoms. The second-order valence-corrected chi connectivity index (χ2v) is 5.84. The monoisotopic (exact) mass is 331 g/mol. The molecule has 0 atom stereocenters. The number of hydrogen-bond acceptors (Lipinski definition) is 6. The lowest BCUT2D eigenvalue weighted by molar-refractivity contribution is 0.164. The smallest absolute Gasteiger partial charge is 0.380 e. The van der Waals surface area contributed by atoms with E-state index >= 15 is 0 Å². The maximum Gasteiger partial charge on any atom is 0.531 e. The van der Waals surface area contributed by atoms with Crippen molar-refractivity contribution >= 4 is 19.4 Å². The molecular formula is C13H15ClNO5P. The first-order valence-corrected chi connectivity index (χ1v) is 8.22. The SMILES string of the molecule is CCOP(=O)(OCC)Oc1noc(-c2ccccc2)c1Cl. The van der Waals surface area contributed by atoms with Crippen molar-refractivity contribution in [3.05, 3.63) is 35.4 Å². The lowest BCUT2D eigenvalue weighted by atomic mass is 10.2. The molecule has 1 heterocycles. The Hall–Kier alpha value is -1.33. The van der Waals surface area contributed by atoms with Gasteiger partial charge in [0.15, 0.2) is 10.8 Å². The summed E-state index contributed by atoms with van der Waals surface area (Å²) in [5.41, 5.74) is 0.729. The highest BCUT2D eigenvalue weighted by molar-refractivity contribution is 7.48. The number of aromatic nitrogens is 1. The maximum absolute atomic E-state index is 12.3. The number of phosphoric ester groups is 1. The molecule has 0 bridgehead atoms. The number of hydrogen-bond donors (Lipinski definition) is 0. The number of benzene rings is 1. The van der Waals surface area contributed by atoms with E-state index in [1.807, 2.05) is 18.2 Å². The molecule has 21 heavy (non-hydrogen) atoms. The van der Waals surface area contributed by atoms with Crippen LogP contribution in [0.5, 0.6) is 5.88 Å². The zero-order valence-corrected chi connectivity index (χ0v) is 13.3. The summed E-state index contributed by atoms with van der Waals surface area (Å²) in [6, 6.07) is 9.14.